The fourth-order valence-corrected chi connectivity index (χ4v) is 0.921. The first-order valence-corrected chi connectivity index (χ1v) is 3.02. The number of aliphatic imine (C=N–C) groups is 1. The second-order valence-corrected chi connectivity index (χ2v) is 2.16. The lowest BCUT2D eigenvalue weighted by atomic mass is 10.1. The smallest absolute Gasteiger partial charge is 0.305 e. The van der Waals surface area contributed by atoms with Crippen molar-refractivity contribution >= 4 is 12.2 Å². The number of carboxylic acid groups (broad SMARTS) is 1. The van der Waals surface area contributed by atoms with Gasteiger partial charge in [-0.25, -0.2) is 0 Å². The summed E-state index contributed by atoms with van der Waals surface area (Å²) in [5, 5.41) is 8.30. The summed E-state index contributed by atoms with van der Waals surface area (Å²) in [7, 11) is 0. The van der Waals surface area contributed by atoms with Crippen LogP contribution < -0.4 is 0 Å². The molecule has 3 nitrogen and oxygen atoms in total. The highest BCUT2D eigenvalue weighted by Crippen LogP contribution is 2.10. The highest BCUT2D eigenvalue weighted by Gasteiger charge is 2.13. The second-order valence-electron chi connectivity index (χ2n) is 2.16. The van der Waals surface area contributed by atoms with Crippen LogP contribution >= 0.6 is 0 Å². The lowest BCUT2D eigenvalue weighted by Gasteiger charge is -1.99. The first kappa shape index (κ1) is 6.26. The number of hydrogen-bond donors (Lipinski definition) is 1. The molecule has 0 saturated carbocycles. The summed E-state index contributed by atoms with van der Waals surface area (Å²) < 4.78 is 0. The van der Waals surface area contributed by atoms with E-state index in [1.54, 1.807) is 6.21 Å². The molecular formula is C6H9NO2. The lowest BCUT2D eigenvalue weighted by molar-refractivity contribution is -0.137. The quantitative estimate of drug-likeness (QED) is 0.593. The van der Waals surface area contributed by atoms with E-state index in [4.69, 9.17) is 5.11 Å². The predicted octanol–water partition coefficient (Wildman–Crippen LogP) is 0.694. The summed E-state index contributed by atoms with van der Waals surface area (Å²) in [5.41, 5.74) is 0. The van der Waals surface area contributed by atoms with Gasteiger partial charge in [-0.15, -0.1) is 0 Å². The van der Waals surface area contributed by atoms with Gasteiger partial charge in [-0.1, -0.05) is 0 Å². The molecule has 1 N–H and O–H groups in total. The Kier molecular flexibility index (Phi) is 1.82. The normalized spacial score (nSPS) is 24.7. The average molecular weight is 127 g/mol. The molecule has 0 aliphatic carbocycles. The average Bonchev–Trinajstić information content (AvgIpc) is 2.15. The first-order chi connectivity index (χ1) is 4.29. The standard InChI is InChI=1S/C6H9NO2/c8-6(9)4-5-2-1-3-7-5/h3,5H,1-2,4H2,(H,8,9). The molecule has 1 unspecified atom stereocenters. The van der Waals surface area contributed by atoms with E-state index in [-0.39, 0.29) is 12.5 Å². The number of rotatable bonds is 2. The topological polar surface area (TPSA) is 49.7 Å². The molecule has 0 amide bonds. The van der Waals surface area contributed by atoms with Gasteiger partial charge in [0, 0.05) is 0 Å². The molecule has 0 spiro atoms. The van der Waals surface area contributed by atoms with Crippen LogP contribution in [0.15, 0.2) is 4.99 Å². The Bertz CT molecular complexity index is 142. The summed E-state index contributed by atoms with van der Waals surface area (Å²) in [5.74, 6) is -0.751. The molecule has 1 heterocycles. The zero-order valence-electron chi connectivity index (χ0n) is 5.08. The number of aliphatic carboxylic acids is 1. The molecule has 50 valence electrons. The molecule has 1 aliphatic rings. The van der Waals surface area contributed by atoms with Crippen molar-refractivity contribution in [1.29, 1.82) is 0 Å². The van der Waals surface area contributed by atoms with Crippen LogP contribution in [0.2, 0.25) is 0 Å². The minimum atomic E-state index is -0.751. The first-order valence-electron chi connectivity index (χ1n) is 3.02. The van der Waals surface area contributed by atoms with Crippen molar-refractivity contribution < 1.29 is 9.90 Å². The van der Waals surface area contributed by atoms with E-state index in [1.165, 1.54) is 0 Å². The number of nitrogens with zero attached hydrogens (tertiary/aromatic N) is 1. The number of hydrogen-bond acceptors (Lipinski definition) is 2. The van der Waals surface area contributed by atoms with E-state index < -0.39 is 5.97 Å². The number of carbonyl (C=O) groups is 1. The van der Waals surface area contributed by atoms with E-state index in [2.05, 4.69) is 4.99 Å². The maximum Gasteiger partial charge on any atom is 0.305 e. The van der Waals surface area contributed by atoms with Gasteiger partial charge in [0.2, 0.25) is 0 Å². The lowest BCUT2D eigenvalue weighted by Crippen LogP contribution is -2.07. The van der Waals surface area contributed by atoms with Crippen LogP contribution in [0.4, 0.5) is 0 Å². The molecule has 1 rings (SSSR count). The minimum absolute atomic E-state index is 0.0579. The Morgan fingerprint density at radius 1 is 1.89 bits per heavy atom. The molecule has 0 fully saturated rings. The maximum absolute atomic E-state index is 10.1. The Morgan fingerprint density at radius 3 is 3.11 bits per heavy atom. The van der Waals surface area contributed by atoms with Gasteiger partial charge in [0.15, 0.2) is 0 Å². The van der Waals surface area contributed by atoms with Gasteiger partial charge >= 0.3 is 5.97 Å². The molecule has 0 aromatic carbocycles. The highest BCUT2D eigenvalue weighted by atomic mass is 16.4. The van der Waals surface area contributed by atoms with Gasteiger partial charge < -0.3 is 5.11 Å². The van der Waals surface area contributed by atoms with Crippen molar-refractivity contribution in [2.75, 3.05) is 0 Å². The molecule has 0 bridgehead atoms. The van der Waals surface area contributed by atoms with E-state index in [9.17, 15) is 4.79 Å². The zero-order valence-corrected chi connectivity index (χ0v) is 5.08. The molecular weight excluding hydrogens is 118 g/mol. The monoisotopic (exact) mass is 127 g/mol. The van der Waals surface area contributed by atoms with Gasteiger partial charge in [-0.05, 0) is 19.1 Å². The summed E-state index contributed by atoms with van der Waals surface area (Å²) in [6.07, 6.45) is 3.84. The van der Waals surface area contributed by atoms with Crippen molar-refractivity contribution in [2.24, 2.45) is 4.99 Å². The van der Waals surface area contributed by atoms with E-state index in [1.807, 2.05) is 0 Å². The molecule has 9 heavy (non-hydrogen) atoms. The van der Waals surface area contributed by atoms with Crippen LogP contribution in [0.3, 0.4) is 0 Å². The summed E-state index contributed by atoms with van der Waals surface area (Å²) >= 11 is 0. The van der Waals surface area contributed by atoms with Crippen LogP contribution in [-0.2, 0) is 4.79 Å². The van der Waals surface area contributed by atoms with Crippen molar-refractivity contribution in [2.45, 2.75) is 25.3 Å². The molecule has 3 heteroatoms. The van der Waals surface area contributed by atoms with Crippen LogP contribution in [0.25, 0.3) is 0 Å². The molecule has 0 radical (unpaired) electrons. The van der Waals surface area contributed by atoms with E-state index in [0.29, 0.717) is 0 Å². The third kappa shape index (κ3) is 1.83. The summed E-state index contributed by atoms with van der Waals surface area (Å²) in [6, 6.07) is 0.0579. The van der Waals surface area contributed by atoms with Crippen molar-refractivity contribution in [3.63, 3.8) is 0 Å². The van der Waals surface area contributed by atoms with Crippen LogP contribution in [-0.4, -0.2) is 23.3 Å². The third-order valence-electron chi connectivity index (χ3n) is 1.36. The van der Waals surface area contributed by atoms with Crippen LogP contribution in [0.5, 0.6) is 0 Å². The zero-order chi connectivity index (χ0) is 6.69. The summed E-state index contributed by atoms with van der Waals surface area (Å²) in [4.78, 5) is 14.1. The summed E-state index contributed by atoms with van der Waals surface area (Å²) in [6.45, 7) is 0. The highest BCUT2D eigenvalue weighted by molar-refractivity contribution is 5.69. The molecule has 1 aliphatic heterocycles. The number of carboxylic acids is 1. The van der Waals surface area contributed by atoms with Gasteiger partial charge in [-0.3, -0.25) is 9.79 Å². The minimum Gasteiger partial charge on any atom is -0.481 e. The van der Waals surface area contributed by atoms with Crippen molar-refractivity contribution in [3.8, 4) is 0 Å². The largest absolute Gasteiger partial charge is 0.481 e. The Labute approximate surface area is 53.4 Å². The van der Waals surface area contributed by atoms with E-state index >= 15 is 0 Å². The molecule has 0 aromatic heterocycles. The van der Waals surface area contributed by atoms with Gasteiger partial charge in [-0.2, -0.15) is 0 Å². The predicted molar refractivity (Wildman–Crippen MR) is 33.8 cm³/mol. The maximum atomic E-state index is 10.1. The van der Waals surface area contributed by atoms with Gasteiger partial charge in [0.1, 0.15) is 0 Å². The Balaban J connectivity index is 2.28. The van der Waals surface area contributed by atoms with Crippen LogP contribution in [0.1, 0.15) is 19.3 Å². The third-order valence-corrected chi connectivity index (χ3v) is 1.36. The molecule has 0 aromatic rings. The SMILES string of the molecule is O=C(O)CC1CCC=N1. The second kappa shape index (κ2) is 2.62. The molecule has 1 atom stereocenters. The van der Waals surface area contributed by atoms with E-state index in [0.717, 1.165) is 12.8 Å². The molecule has 0 saturated heterocycles. The Morgan fingerprint density at radius 2 is 2.67 bits per heavy atom. The fraction of sp³-hybridized carbons (Fsp3) is 0.667. The van der Waals surface area contributed by atoms with Gasteiger partial charge in [0.25, 0.3) is 0 Å². The van der Waals surface area contributed by atoms with Crippen LogP contribution in [0, 0.1) is 0 Å². The van der Waals surface area contributed by atoms with Gasteiger partial charge in [0.05, 0.1) is 12.5 Å². The van der Waals surface area contributed by atoms with Crippen molar-refractivity contribution in [1.82, 2.24) is 0 Å². The Hall–Kier alpha value is -0.860. The van der Waals surface area contributed by atoms with Crippen molar-refractivity contribution in [3.05, 3.63) is 0 Å². The fourth-order valence-electron chi connectivity index (χ4n) is 0.921.